The van der Waals surface area contributed by atoms with E-state index in [1.807, 2.05) is 30.3 Å². The average molecular weight is 199 g/mol. The molecule has 1 aromatic carbocycles. The third kappa shape index (κ3) is 1.87. The number of benzene rings is 1. The molecule has 0 radical (unpaired) electrons. The van der Waals surface area contributed by atoms with Gasteiger partial charge in [-0.15, -0.1) is 0 Å². The highest BCUT2D eigenvalue weighted by Gasteiger charge is 2.20. The summed E-state index contributed by atoms with van der Waals surface area (Å²) >= 11 is 0. The van der Waals surface area contributed by atoms with Gasteiger partial charge in [0.25, 0.3) is 0 Å². The Morgan fingerprint density at radius 3 is 2.67 bits per heavy atom. The highest BCUT2D eigenvalue weighted by atomic mass is 16.5. The van der Waals surface area contributed by atoms with E-state index in [4.69, 9.17) is 10.00 Å². The van der Waals surface area contributed by atoms with Crippen LogP contribution in [0.5, 0.6) is 5.75 Å². The van der Waals surface area contributed by atoms with Crippen LogP contribution in [0.4, 0.5) is 0 Å². The van der Waals surface area contributed by atoms with E-state index in [0.717, 1.165) is 24.2 Å². The lowest BCUT2D eigenvalue weighted by Crippen LogP contribution is -1.96. The van der Waals surface area contributed by atoms with Crippen molar-refractivity contribution < 1.29 is 4.74 Å². The van der Waals surface area contributed by atoms with E-state index in [1.165, 1.54) is 5.56 Å². The van der Waals surface area contributed by atoms with Gasteiger partial charge in [-0.1, -0.05) is 18.2 Å². The fraction of sp³-hybridized carbons (Fsp3) is 0.308. The molecule has 2 heteroatoms. The number of allylic oxidation sites excluding steroid dienone is 2. The number of methoxy groups -OCH3 is 1. The predicted molar refractivity (Wildman–Crippen MR) is 58.7 cm³/mol. The smallest absolute Gasteiger partial charge is 0.118 e. The number of nitriles is 1. The van der Waals surface area contributed by atoms with Crippen LogP contribution in [-0.4, -0.2) is 7.11 Å². The van der Waals surface area contributed by atoms with Crippen molar-refractivity contribution >= 4 is 0 Å². The fourth-order valence-corrected chi connectivity index (χ4v) is 2.01. The maximum absolute atomic E-state index is 8.96. The minimum atomic E-state index is 0.293. The first-order valence-electron chi connectivity index (χ1n) is 5.09. The molecular formula is C13H13NO. The monoisotopic (exact) mass is 199 g/mol. The number of nitrogens with zero attached hydrogens (tertiary/aromatic N) is 1. The zero-order valence-electron chi connectivity index (χ0n) is 8.73. The molecule has 0 spiro atoms. The second-order valence-corrected chi connectivity index (χ2v) is 3.67. The summed E-state index contributed by atoms with van der Waals surface area (Å²) in [5, 5.41) is 8.96. The fourth-order valence-electron chi connectivity index (χ4n) is 2.01. The number of hydrogen-bond acceptors (Lipinski definition) is 2. The molecule has 0 heterocycles. The molecule has 1 aromatic rings. The van der Waals surface area contributed by atoms with Crippen LogP contribution < -0.4 is 4.74 Å². The number of rotatable bonds is 2. The first kappa shape index (κ1) is 9.79. The summed E-state index contributed by atoms with van der Waals surface area (Å²) in [6.45, 7) is 0. The van der Waals surface area contributed by atoms with Crippen molar-refractivity contribution in [3.63, 3.8) is 0 Å². The van der Waals surface area contributed by atoms with Gasteiger partial charge in [-0.3, -0.25) is 0 Å². The molecule has 0 N–H and O–H groups in total. The van der Waals surface area contributed by atoms with Crippen LogP contribution in [0.1, 0.15) is 24.3 Å². The van der Waals surface area contributed by atoms with E-state index in [9.17, 15) is 0 Å². The molecule has 1 atom stereocenters. The van der Waals surface area contributed by atoms with Crippen LogP contribution in [0.2, 0.25) is 0 Å². The molecule has 0 saturated carbocycles. The molecular weight excluding hydrogens is 186 g/mol. The van der Waals surface area contributed by atoms with Crippen LogP contribution in [0.3, 0.4) is 0 Å². The molecule has 15 heavy (non-hydrogen) atoms. The van der Waals surface area contributed by atoms with Gasteiger partial charge in [0, 0.05) is 11.5 Å². The Kier molecular flexibility index (Phi) is 2.73. The quantitative estimate of drug-likeness (QED) is 0.733. The Hall–Kier alpha value is -1.75. The van der Waals surface area contributed by atoms with Crippen LogP contribution in [0, 0.1) is 11.3 Å². The maximum atomic E-state index is 8.96. The minimum Gasteiger partial charge on any atom is -0.497 e. The number of ether oxygens (including phenoxy) is 1. The summed E-state index contributed by atoms with van der Waals surface area (Å²) in [4.78, 5) is 0. The minimum absolute atomic E-state index is 0.293. The normalized spacial score (nSPS) is 19.5. The Labute approximate surface area is 89.8 Å². The molecule has 1 aliphatic rings. The lowest BCUT2D eigenvalue weighted by atomic mass is 9.93. The van der Waals surface area contributed by atoms with E-state index in [0.29, 0.717) is 5.92 Å². The average Bonchev–Trinajstić information content (AvgIpc) is 2.77. The molecule has 0 fully saturated rings. The van der Waals surface area contributed by atoms with Gasteiger partial charge in [0.15, 0.2) is 0 Å². The first-order valence-corrected chi connectivity index (χ1v) is 5.09. The Balaban J connectivity index is 2.24. The molecule has 0 aliphatic heterocycles. The standard InChI is InChI=1S/C13H13NO/c1-15-12-7-5-10(6-8-12)13-4-2-3-11(13)9-14/h3,5-8,13H,2,4H2,1H3. The molecule has 2 rings (SSSR count). The lowest BCUT2D eigenvalue weighted by Gasteiger charge is -2.11. The predicted octanol–water partition coefficient (Wildman–Crippen LogP) is 3.02. The summed E-state index contributed by atoms with van der Waals surface area (Å²) in [6.07, 6.45) is 4.10. The van der Waals surface area contributed by atoms with E-state index in [1.54, 1.807) is 7.11 Å². The molecule has 76 valence electrons. The van der Waals surface area contributed by atoms with Gasteiger partial charge < -0.3 is 4.74 Å². The van der Waals surface area contributed by atoms with E-state index in [-0.39, 0.29) is 0 Å². The van der Waals surface area contributed by atoms with Crippen molar-refractivity contribution in [3.8, 4) is 11.8 Å². The van der Waals surface area contributed by atoms with E-state index >= 15 is 0 Å². The highest BCUT2D eigenvalue weighted by molar-refractivity contribution is 5.41. The highest BCUT2D eigenvalue weighted by Crippen LogP contribution is 2.35. The third-order valence-corrected chi connectivity index (χ3v) is 2.84. The molecule has 1 aliphatic carbocycles. The van der Waals surface area contributed by atoms with Gasteiger partial charge in [0.2, 0.25) is 0 Å². The van der Waals surface area contributed by atoms with Crippen LogP contribution in [0.25, 0.3) is 0 Å². The molecule has 1 unspecified atom stereocenters. The summed E-state index contributed by atoms with van der Waals surface area (Å²) in [6, 6.07) is 10.2. The lowest BCUT2D eigenvalue weighted by molar-refractivity contribution is 0.414. The Morgan fingerprint density at radius 2 is 2.07 bits per heavy atom. The number of hydrogen-bond donors (Lipinski definition) is 0. The van der Waals surface area contributed by atoms with Crippen molar-refractivity contribution in [2.24, 2.45) is 0 Å². The van der Waals surface area contributed by atoms with E-state index in [2.05, 4.69) is 6.07 Å². The van der Waals surface area contributed by atoms with Crippen LogP contribution >= 0.6 is 0 Å². The summed E-state index contributed by atoms with van der Waals surface area (Å²) in [5.41, 5.74) is 2.11. The first-order chi connectivity index (χ1) is 7.35. The van der Waals surface area contributed by atoms with Crippen molar-refractivity contribution in [3.05, 3.63) is 41.5 Å². The summed E-state index contributed by atoms with van der Waals surface area (Å²) in [7, 11) is 1.66. The summed E-state index contributed by atoms with van der Waals surface area (Å²) in [5.74, 6) is 1.15. The second kappa shape index (κ2) is 4.18. The maximum Gasteiger partial charge on any atom is 0.118 e. The van der Waals surface area contributed by atoms with Crippen molar-refractivity contribution in [2.75, 3.05) is 7.11 Å². The zero-order valence-corrected chi connectivity index (χ0v) is 8.73. The van der Waals surface area contributed by atoms with Crippen molar-refractivity contribution in [1.29, 1.82) is 5.26 Å². The van der Waals surface area contributed by atoms with Crippen LogP contribution in [0.15, 0.2) is 35.9 Å². The largest absolute Gasteiger partial charge is 0.497 e. The molecule has 2 nitrogen and oxygen atoms in total. The van der Waals surface area contributed by atoms with Gasteiger partial charge >= 0.3 is 0 Å². The summed E-state index contributed by atoms with van der Waals surface area (Å²) < 4.78 is 5.11. The molecule has 0 amide bonds. The van der Waals surface area contributed by atoms with E-state index < -0.39 is 0 Å². The third-order valence-electron chi connectivity index (χ3n) is 2.84. The van der Waals surface area contributed by atoms with Crippen LogP contribution in [-0.2, 0) is 0 Å². The van der Waals surface area contributed by atoms with Crippen molar-refractivity contribution in [1.82, 2.24) is 0 Å². The SMILES string of the molecule is COc1ccc(C2CCC=C2C#N)cc1. The van der Waals surface area contributed by atoms with Gasteiger partial charge in [0.05, 0.1) is 13.2 Å². The van der Waals surface area contributed by atoms with Gasteiger partial charge in [-0.05, 0) is 30.5 Å². The Bertz CT molecular complexity index is 411. The zero-order chi connectivity index (χ0) is 10.7. The van der Waals surface area contributed by atoms with Gasteiger partial charge in [-0.25, -0.2) is 0 Å². The molecule has 0 bridgehead atoms. The van der Waals surface area contributed by atoms with Gasteiger partial charge in [0.1, 0.15) is 5.75 Å². The molecule has 0 saturated heterocycles. The molecule has 0 aromatic heterocycles. The second-order valence-electron chi connectivity index (χ2n) is 3.67. The topological polar surface area (TPSA) is 33.0 Å². The van der Waals surface area contributed by atoms with Crippen molar-refractivity contribution in [2.45, 2.75) is 18.8 Å². The van der Waals surface area contributed by atoms with Gasteiger partial charge in [-0.2, -0.15) is 5.26 Å². The Morgan fingerprint density at radius 1 is 1.33 bits per heavy atom.